The Balaban J connectivity index is 1.99. The maximum Gasteiger partial charge on any atom is 0.337 e. The highest BCUT2D eigenvalue weighted by Gasteiger charge is 2.20. The number of aromatic nitrogens is 4. The van der Waals surface area contributed by atoms with E-state index in [4.69, 9.17) is 16.3 Å². The summed E-state index contributed by atoms with van der Waals surface area (Å²) in [5.74, 6) is 0. The summed E-state index contributed by atoms with van der Waals surface area (Å²) in [5.41, 5.74) is 2.37. The third-order valence-corrected chi connectivity index (χ3v) is 5.25. The van der Waals surface area contributed by atoms with Crippen molar-refractivity contribution in [2.45, 2.75) is 20.0 Å². The average molecular weight is 425 g/mol. The first-order chi connectivity index (χ1) is 14.5. The number of rotatable bonds is 6. The van der Waals surface area contributed by atoms with E-state index >= 15 is 0 Å². The molecule has 0 saturated carbocycles. The predicted octanol–water partition coefficient (Wildman–Crippen LogP) is 3.01. The Morgan fingerprint density at radius 1 is 1.10 bits per heavy atom. The summed E-state index contributed by atoms with van der Waals surface area (Å²) >= 11 is 6.11. The van der Waals surface area contributed by atoms with E-state index in [2.05, 4.69) is 4.98 Å². The molecule has 0 aliphatic carbocycles. The van der Waals surface area contributed by atoms with Crippen molar-refractivity contribution in [1.82, 2.24) is 18.7 Å². The van der Waals surface area contributed by atoms with Crippen molar-refractivity contribution in [3.05, 3.63) is 91.8 Å². The van der Waals surface area contributed by atoms with Crippen LogP contribution >= 0.6 is 11.6 Å². The van der Waals surface area contributed by atoms with Gasteiger partial charge in [-0.2, -0.15) is 0 Å². The monoisotopic (exact) mass is 424 g/mol. The lowest BCUT2D eigenvalue weighted by Gasteiger charge is -2.14. The SMILES string of the molecule is COCCn1c(=O)c2c(ncn2Cc2cccc(Cl)c2)n(-c2ccccc2C)c1=O. The van der Waals surface area contributed by atoms with Crippen molar-refractivity contribution in [3.8, 4) is 5.69 Å². The molecule has 8 heteroatoms. The van der Waals surface area contributed by atoms with Crippen molar-refractivity contribution in [3.63, 3.8) is 0 Å². The second-order valence-electron chi connectivity index (χ2n) is 7.03. The molecule has 0 bridgehead atoms. The zero-order valence-corrected chi connectivity index (χ0v) is 17.5. The summed E-state index contributed by atoms with van der Waals surface area (Å²) in [6, 6.07) is 14.9. The lowest BCUT2D eigenvalue weighted by molar-refractivity contribution is 0.184. The smallest absolute Gasteiger partial charge is 0.337 e. The molecule has 2 aromatic carbocycles. The number of methoxy groups -OCH3 is 1. The van der Waals surface area contributed by atoms with Gasteiger partial charge in [-0.05, 0) is 36.2 Å². The highest BCUT2D eigenvalue weighted by molar-refractivity contribution is 6.30. The quantitative estimate of drug-likeness (QED) is 0.477. The number of imidazole rings is 1. The van der Waals surface area contributed by atoms with Crippen LogP contribution in [0.15, 0.2) is 64.4 Å². The van der Waals surface area contributed by atoms with E-state index in [0.29, 0.717) is 28.4 Å². The first-order valence-electron chi connectivity index (χ1n) is 9.51. The fourth-order valence-corrected chi connectivity index (χ4v) is 3.76. The Morgan fingerprint density at radius 3 is 2.63 bits per heavy atom. The Bertz CT molecular complexity index is 1340. The van der Waals surface area contributed by atoms with E-state index in [1.807, 2.05) is 49.4 Å². The minimum absolute atomic E-state index is 0.151. The summed E-state index contributed by atoms with van der Waals surface area (Å²) in [6.45, 7) is 2.72. The number of ether oxygens (including phenoxy) is 1. The number of halogens is 1. The maximum atomic E-state index is 13.3. The molecule has 0 fully saturated rings. The van der Waals surface area contributed by atoms with E-state index in [0.717, 1.165) is 11.1 Å². The highest BCUT2D eigenvalue weighted by atomic mass is 35.5. The van der Waals surface area contributed by atoms with Gasteiger partial charge in [-0.1, -0.05) is 41.9 Å². The third kappa shape index (κ3) is 3.58. The minimum atomic E-state index is -0.438. The first kappa shape index (κ1) is 20.1. The number of hydrogen-bond acceptors (Lipinski definition) is 4. The zero-order chi connectivity index (χ0) is 21.3. The van der Waals surface area contributed by atoms with Crippen molar-refractivity contribution >= 4 is 22.8 Å². The van der Waals surface area contributed by atoms with Crippen molar-refractivity contribution in [1.29, 1.82) is 0 Å². The molecule has 0 spiro atoms. The van der Waals surface area contributed by atoms with Gasteiger partial charge in [-0.25, -0.2) is 14.3 Å². The van der Waals surface area contributed by atoms with Gasteiger partial charge >= 0.3 is 5.69 Å². The summed E-state index contributed by atoms with van der Waals surface area (Å²) in [6.07, 6.45) is 1.59. The molecule has 2 aromatic heterocycles. The summed E-state index contributed by atoms with van der Waals surface area (Å²) in [7, 11) is 1.53. The number of hydrogen-bond donors (Lipinski definition) is 0. The molecule has 4 rings (SSSR count). The molecule has 0 amide bonds. The molecule has 7 nitrogen and oxygen atoms in total. The number of benzene rings is 2. The van der Waals surface area contributed by atoms with Gasteiger partial charge in [0.05, 0.1) is 25.2 Å². The summed E-state index contributed by atoms with van der Waals surface area (Å²) in [4.78, 5) is 31.0. The lowest BCUT2D eigenvalue weighted by atomic mass is 10.2. The van der Waals surface area contributed by atoms with Gasteiger partial charge in [0, 0.05) is 18.7 Å². The van der Waals surface area contributed by atoms with Crippen LogP contribution in [0.3, 0.4) is 0 Å². The first-order valence-corrected chi connectivity index (χ1v) is 9.89. The van der Waals surface area contributed by atoms with Gasteiger partial charge in [0.25, 0.3) is 5.56 Å². The third-order valence-electron chi connectivity index (χ3n) is 5.02. The van der Waals surface area contributed by atoms with Gasteiger partial charge in [-0.3, -0.25) is 9.36 Å². The van der Waals surface area contributed by atoms with Gasteiger partial charge in [0.1, 0.15) is 0 Å². The van der Waals surface area contributed by atoms with Crippen molar-refractivity contribution in [2.75, 3.05) is 13.7 Å². The van der Waals surface area contributed by atoms with Crippen LogP contribution in [0, 0.1) is 6.92 Å². The summed E-state index contributed by atoms with van der Waals surface area (Å²) < 4.78 is 9.56. The maximum absolute atomic E-state index is 13.3. The zero-order valence-electron chi connectivity index (χ0n) is 16.7. The van der Waals surface area contributed by atoms with Gasteiger partial charge in [0.2, 0.25) is 0 Å². The standard InChI is InChI=1S/C22H21ClN4O3/c1-15-6-3-4-9-18(15)27-20-19(21(28)26(22(27)29)10-11-30-2)25(14-24-20)13-16-7-5-8-17(23)12-16/h3-9,12,14H,10-11,13H2,1-2H3. The van der Waals surface area contributed by atoms with E-state index in [9.17, 15) is 9.59 Å². The van der Waals surface area contributed by atoms with E-state index < -0.39 is 11.2 Å². The molecule has 4 aromatic rings. The van der Waals surface area contributed by atoms with Crippen LogP contribution in [-0.4, -0.2) is 32.4 Å². The number of nitrogens with zero attached hydrogens (tertiary/aromatic N) is 4. The van der Waals surface area contributed by atoms with E-state index in [-0.39, 0.29) is 13.2 Å². The number of aryl methyl sites for hydroxylation is 1. The lowest BCUT2D eigenvalue weighted by Crippen LogP contribution is -2.41. The van der Waals surface area contributed by atoms with Gasteiger partial charge in [0.15, 0.2) is 11.2 Å². The van der Waals surface area contributed by atoms with Crippen molar-refractivity contribution in [2.24, 2.45) is 0 Å². The molecule has 0 aliphatic heterocycles. The fourth-order valence-electron chi connectivity index (χ4n) is 3.54. The summed E-state index contributed by atoms with van der Waals surface area (Å²) in [5, 5.41) is 0.617. The van der Waals surface area contributed by atoms with Crippen molar-refractivity contribution < 1.29 is 4.74 Å². The molecule has 0 saturated heterocycles. The fraction of sp³-hybridized carbons (Fsp3) is 0.227. The predicted molar refractivity (Wildman–Crippen MR) is 117 cm³/mol. The van der Waals surface area contributed by atoms with Gasteiger partial charge in [-0.15, -0.1) is 0 Å². The molecule has 0 N–H and O–H groups in total. The Morgan fingerprint density at radius 2 is 1.90 bits per heavy atom. The van der Waals surface area contributed by atoms with Crippen LogP contribution in [0.4, 0.5) is 0 Å². The van der Waals surface area contributed by atoms with Crippen LogP contribution in [0.25, 0.3) is 16.9 Å². The van der Waals surface area contributed by atoms with Crippen LogP contribution in [0.1, 0.15) is 11.1 Å². The molecule has 2 heterocycles. The highest BCUT2D eigenvalue weighted by Crippen LogP contribution is 2.18. The molecule has 30 heavy (non-hydrogen) atoms. The Hall–Kier alpha value is -3.16. The van der Waals surface area contributed by atoms with Gasteiger partial charge < -0.3 is 9.30 Å². The molecular weight excluding hydrogens is 404 g/mol. The largest absolute Gasteiger partial charge is 0.383 e. The van der Waals surface area contributed by atoms with E-state index in [1.165, 1.54) is 16.2 Å². The Labute approximate surface area is 177 Å². The average Bonchev–Trinajstić information content (AvgIpc) is 3.13. The molecule has 0 radical (unpaired) electrons. The van der Waals surface area contributed by atoms with E-state index in [1.54, 1.807) is 17.0 Å². The molecule has 0 aliphatic rings. The molecule has 0 unspecified atom stereocenters. The number of para-hydroxylation sites is 1. The minimum Gasteiger partial charge on any atom is -0.383 e. The second kappa shape index (κ2) is 8.30. The second-order valence-corrected chi connectivity index (χ2v) is 7.47. The number of fused-ring (bicyclic) bond motifs is 1. The van der Waals surface area contributed by atoms with Crippen LogP contribution in [0.2, 0.25) is 5.02 Å². The molecule has 0 atom stereocenters. The Kier molecular flexibility index (Phi) is 5.57. The van der Waals surface area contributed by atoms with Crippen LogP contribution in [0.5, 0.6) is 0 Å². The normalized spacial score (nSPS) is 11.3. The topological polar surface area (TPSA) is 71.1 Å². The van der Waals surface area contributed by atoms with Crippen LogP contribution < -0.4 is 11.2 Å². The van der Waals surface area contributed by atoms with Crippen LogP contribution in [-0.2, 0) is 17.8 Å². The molecule has 154 valence electrons. The molecular formula is C22H21ClN4O3.